The summed E-state index contributed by atoms with van der Waals surface area (Å²) in [5, 5.41) is 2.84. The molecule has 0 radical (unpaired) electrons. The molecule has 0 aromatic heterocycles. The smallest absolute Gasteiger partial charge is 0.270 e. The van der Waals surface area contributed by atoms with Crippen molar-refractivity contribution in [1.29, 1.82) is 0 Å². The quantitative estimate of drug-likeness (QED) is 0.309. The minimum Gasteiger partial charge on any atom is -0.493 e. The van der Waals surface area contributed by atoms with E-state index in [0.717, 1.165) is 28.6 Å². The van der Waals surface area contributed by atoms with Crippen LogP contribution in [0.15, 0.2) is 65.6 Å². The van der Waals surface area contributed by atoms with Crippen LogP contribution in [0.25, 0.3) is 6.08 Å². The number of carbonyl (C=O) groups excluding carboxylic acids is 2. The fourth-order valence-electron chi connectivity index (χ4n) is 3.61. The minimum absolute atomic E-state index is 0.195. The van der Waals surface area contributed by atoms with E-state index in [-0.39, 0.29) is 18.4 Å². The summed E-state index contributed by atoms with van der Waals surface area (Å²) in [4.78, 5) is 27.1. The number of nitrogens with one attached hydrogen (secondary N) is 1. The van der Waals surface area contributed by atoms with Gasteiger partial charge in [-0.15, -0.1) is 0 Å². The van der Waals surface area contributed by atoms with Crippen LogP contribution in [0.3, 0.4) is 0 Å². The highest BCUT2D eigenvalue weighted by Crippen LogP contribution is 2.37. The lowest BCUT2D eigenvalue weighted by Gasteiger charge is -2.14. The zero-order valence-electron chi connectivity index (χ0n) is 19.8. The van der Waals surface area contributed by atoms with Gasteiger partial charge in [-0.1, -0.05) is 47.7 Å². The van der Waals surface area contributed by atoms with Gasteiger partial charge in [-0.25, -0.2) is 4.39 Å². The van der Waals surface area contributed by atoms with Crippen LogP contribution in [-0.2, 0) is 9.59 Å². The van der Waals surface area contributed by atoms with E-state index in [1.165, 1.54) is 36.3 Å². The molecule has 3 aromatic carbocycles. The number of hydrogen-bond donors (Lipinski definition) is 1. The van der Waals surface area contributed by atoms with Gasteiger partial charge in [0.1, 0.15) is 5.82 Å². The summed E-state index contributed by atoms with van der Waals surface area (Å²) in [6.07, 6.45) is 1.70. The average Bonchev–Trinajstić information content (AvgIpc) is 3.13. The zero-order chi connectivity index (χ0) is 25.8. The van der Waals surface area contributed by atoms with Gasteiger partial charge < -0.3 is 14.8 Å². The van der Waals surface area contributed by atoms with E-state index in [9.17, 15) is 14.0 Å². The predicted octanol–water partition coefficient (Wildman–Crippen LogP) is 5.87. The van der Waals surface area contributed by atoms with Crippen LogP contribution in [0.5, 0.6) is 11.5 Å². The van der Waals surface area contributed by atoms with Crippen LogP contribution in [0, 0.1) is 19.7 Å². The predicted molar refractivity (Wildman–Crippen MR) is 145 cm³/mol. The van der Waals surface area contributed by atoms with Gasteiger partial charge in [0.2, 0.25) is 0 Å². The number of amides is 2. The molecule has 0 unspecified atom stereocenters. The molecule has 6 nitrogen and oxygen atoms in total. The van der Waals surface area contributed by atoms with Gasteiger partial charge in [0.15, 0.2) is 22.4 Å². The summed E-state index contributed by atoms with van der Waals surface area (Å²) in [7, 11) is 1.50. The van der Waals surface area contributed by atoms with E-state index in [1.54, 1.807) is 24.3 Å². The Labute approximate surface area is 218 Å². The third kappa shape index (κ3) is 5.75. The molecule has 0 spiro atoms. The van der Waals surface area contributed by atoms with Crippen molar-refractivity contribution in [1.82, 2.24) is 0 Å². The van der Waals surface area contributed by atoms with Crippen molar-refractivity contribution in [2.24, 2.45) is 0 Å². The van der Waals surface area contributed by atoms with E-state index in [0.29, 0.717) is 32.0 Å². The topological polar surface area (TPSA) is 67.9 Å². The lowest BCUT2D eigenvalue weighted by atomic mass is 10.1. The molecule has 1 heterocycles. The minimum atomic E-state index is -0.392. The molecule has 184 valence electrons. The monoisotopic (exact) mass is 522 g/mol. The maximum Gasteiger partial charge on any atom is 0.270 e. The Kier molecular flexibility index (Phi) is 7.71. The lowest BCUT2D eigenvalue weighted by molar-refractivity contribution is -0.118. The third-order valence-corrected chi connectivity index (χ3v) is 6.68. The zero-order valence-corrected chi connectivity index (χ0v) is 21.5. The highest BCUT2D eigenvalue weighted by molar-refractivity contribution is 8.27. The van der Waals surface area contributed by atoms with Crippen LogP contribution in [0.4, 0.5) is 15.8 Å². The first-order valence-electron chi connectivity index (χ1n) is 11.0. The second kappa shape index (κ2) is 10.9. The van der Waals surface area contributed by atoms with Crippen LogP contribution in [0.1, 0.15) is 16.7 Å². The van der Waals surface area contributed by atoms with Gasteiger partial charge in [0, 0.05) is 5.69 Å². The molecule has 1 fully saturated rings. The highest BCUT2D eigenvalue weighted by atomic mass is 32.2. The molecular weight excluding hydrogens is 499 g/mol. The van der Waals surface area contributed by atoms with Crippen molar-refractivity contribution >= 4 is 57.6 Å². The normalized spacial score (nSPS) is 14.3. The average molecular weight is 523 g/mol. The van der Waals surface area contributed by atoms with Gasteiger partial charge in [-0.05, 0) is 73.5 Å². The SMILES string of the molecule is COc1cc(/C=C2\SC(=S)N(c3ccc(F)cc3)C2=O)ccc1OCC(=O)Nc1ccc(C)cc1C. The summed E-state index contributed by atoms with van der Waals surface area (Å²) in [6.45, 7) is 3.72. The fourth-order valence-corrected chi connectivity index (χ4v) is 4.91. The first-order valence-corrected chi connectivity index (χ1v) is 12.2. The molecule has 1 saturated heterocycles. The third-order valence-electron chi connectivity index (χ3n) is 5.38. The molecule has 3 aromatic rings. The molecule has 1 aliphatic rings. The molecule has 2 amide bonds. The van der Waals surface area contributed by atoms with Gasteiger partial charge in [-0.3, -0.25) is 14.5 Å². The number of thioether (sulfide) groups is 1. The second-order valence-electron chi connectivity index (χ2n) is 8.06. The number of halogens is 1. The van der Waals surface area contributed by atoms with Crippen molar-refractivity contribution in [3.8, 4) is 11.5 Å². The number of anilines is 2. The van der Waals surface area contributed by atoms with Gasteiger partial charge in [0.05, 0.1) is 17.7 Å². The second-order valence-corrected chi connectivity index (χ2v) is 9.73. The molecular formula is C27H23FN2O4S2. The lowest BCUT2D eigenvalue weighted by Crippen LogP contribution is -2.27. The number of carbonyl (C=O) groups is 2. The molecule has 1 N–H and O–H groups in total. The summed E-state index contributed by atoms with van der Waals surface area (Å²) in [5.74, 6) is -0.172. The Morgan fingerprint density at radius 3 is 2.53 bits per heavy atom. The molecule has 36 heavy (non-hydrogen) atoms. The van der Waals surface area contributed by atoms with Crippen molar-refractivity contribution in [3.05, 3.63) is 88.1 Å². The van der Waals surface area contributed by atoms with Gasteiger partial charge >= 0.3 is 0 Å². The Morgan fingerprint density at radius 2 is 1.83 bits per heavy atom. The molecule has 9 heteroatoms. The molecule has 0 atom stereocenters. The van der Waals surface area contributed by atoms with E-state index in [1.807, 2.05) is 32.0 Å². The maximum absolute atomic E-state index is 13.3. The van der Waals surface area contributed by atoms with E-state index in [4.69, 9.17) is 21.7 Å². The van der Waals surface area contributed by atoms with E-state index >= 15 is 0 Å². The first kappa shape index (κ1) is 25.4. The number of methoxy groups -OCH3 is 1. The van der Waals surface area contributed by atoms with Crippen molar-refractivity contribution < 1.29 is 23.5 Å². The Balaban J connectivity index is 1.45. The molecule has 4 rings (SSSR count). The molecule has 1 aliphatic heterocycles. The number of hydrogen-bond acceptors (Lipinski definition) is 6. The van der Waals surface area contributed by atoms with Crippen LogP contribution in [-0.4, -0.2) is 29.9 Å². The van der Waals surface area contributed by atoms with E-state index < -0.39 is 5.82 Å². The van der Waals surface area contributed by atoms with Crippen LogP contribution < -0.4 is 19.7 Å². The summed E-state index contributed by atoms with van der Waals surface area (Å²) >= 11 is 6.53. The van der Waals surface area contributed by atoms with Crippen LogP contribution >= 0.6 is 24.0 Å². The number of ether oxygens (including phenoxy) is 2. The number of aryl methyl sites for hydroxylation is 2. The summed E-state index contributed by atoms with van der Waals surface area (Å²) in [5.41, 5.74) is 4.01. The van der Waals surface area contributed by atoms with Crippen molar-refractivity contribution in [2.75, 3.05) is 23.9 Å². The Morgan fingerprint density at radius 1 is 1.08 bits per heavy atom. The molecule has 0 aliphatic carbocycles. The molecule has 0 bridgehead atoms. The number of benzene rings is 3. The number of rotatable bonds is 7. The number of nitrogens with zero attached hydrogens (tertiary/aromatic N) is 1. The first-order chi connectivity index (χ1) is 17.2. The molecule has 0 saturated carbocycles. The Hall–Kier alpha value is -3.69. The van der Waals surface area contributed by atoms with Gasteiger partial charge in [-0.2, -0.15) is 0 Å². The maximum atomic E-state index is 13.3. The fraction of sp³-hybridized carbons (Fsp3) is 0.148. The number of thiocarbonyl (C=S) groups is 1. The Bertz CT molecular complexity index is 1370. The van der Waals surface area contributed by atoms with Crippen molar-refractivity contribution in [3.63, 3.8) is 0 Å². The van der Waals surface area contributed by atoms with Crippen molar-refractivity contribution in [2.45, 2.75) is 13.8 Å². The highest BCUT2D eigenvalue weighted by Gasteiger charge is 2.33. The summed E-state index contributed by atoms with van der Waals surface area (Å²) < 4.78 is 24.7. The summed E-state index contributed by atoms with van der Waals surface area (Å²) in [6, 6.07) is 16.5. The van der Waals surface area contributed by atoms with E-state index in [2.05, 4.69) is 5.32 Å². The van der Waals surface area contributed by atoms with Gasteiger partial charge in [0.25, 0.3) is 11.8 Å². The standard InChI is InChI=1S/C27H23FN2O4S2/c1-16-4-10-21(17(2)12-16)29-25(31)15-34-22-11-5-18(13-23(22)33-3)14-24-26(32)30(27(35)36-24)20-8-6-19(28)7-9-20/h4-14H,15H2,1-3H3,(H,29,31)/b24-14-. The largest absolute Gasteiger partial charge is 0.493 e. The van der Waals surface area contributed by atoms with Crippen LogP contribution in [0.2, 0.25) is 0 Å².